The quantitative estimate of drug-likeness (QED) is 0.544. The minimum Gasteiger partial charge on any atom is -0.478 e. The van der Waals surface area contributed by atoms with Gasteiger partial charge in [-0.25, -0.2) is 4.79 Å². The van der Waals surface area contributed by atoms with Crippen LogP contribution in [-0.2, 0) is 6.42 Å². The fourth-order valence-corrected chi connectivity index (χ4v) is 2.71. The summed E-state index contributed by atoms with van der Waals surface area (Å²) < 4.78 is 1.71. The van der Waals surface area contributed by atoms with E-state index in [1.807, 2.05) is 36.6 Å². The topological polar surface area (TPSA) is 80.4 Å². The van der Waals surface area contributed by atoms with E-state index in [4.69, 9.17) is 5.11 Å². The summed E-state index contributed by atoms with van der Waals surface area (Å²) >= 11 is 1.47. The Hall–Kier alpha value is -2.93. The Morgan fingerprint density at radius 3 is 2.52 bits per heavy atom. The van der Waals surface area contributed by atoms with Gasteiger partial charge in [0.25, 0.3) is 0 Å². The maximum absolute atomic E-state index is 10.9. The van der Waals surface area contributed by atoms with E-state index in [0.717, 1.165) is 17.0 Å². The largest absolute Gasteiger partial charge is 0.478 e. The molecule has 0 bridgehead atoms. The number of hydrogen-bond acceptors (Lipinski definition) is 5. The predicted octanol–water partition coefficient (Wildman–Crippen LogP) is 3.17. The van der Waals surface area contributed by atoms with E-state index in [2.05, 4.69) is 15.3 Å². The first-order valence-corrected chi connectivity index (χ1v) is 8.80. The first kappa shape index (κ1) is 16.9. The van der Waals surface area contributed by atoms with Crippen LogP contribution in [0, 0.1) is 0 Å². The molecule has 0 unspecified atom stereocenters. The molecule has 1 aromatic heterocycles. The van der Waals surface area contributed by atoms with Gasteiger partial charge in [0, 0.05) is 6.42 Å². The molecule has 3 rings (SSSR count). The average molecular weight is 352 g/mol. The van der Waals surface area contributed by atoms with E-state index in [0.29, 0.717) is 11.6 Å². The van der Waals surface area contributed by atoms with Gasteiger partial charge in [-0.3, -0.25) is 0 Å². The van der Waals surface area contributed by atoms with E-state index in [-0.39, 0.29) is 5.56 Å². The second-order valence-electron chi connectivity index (χ2n) is 5.25. The molecule has 0 atom stereocenters. The van der Waals surface area contributed by atoms with Crippen LogP contribution in [0.1, 0.15) is 27.3 Å². The molecule has 1 heterocycles. The number of thioether (sulfide) groups is 1. The van der Waals surface area contributed by atoms with Crippen LogP contribution >= 0.6 is 11.8 Å². The van der Waals surface area contributed by atoms with Crippen LogP contribution in [0.4, 0.5) is 0 Å². The molecule has 3 aromatic rings. The number of aromatic nitrogens is 3. The van der Waals surface area contributed by atoms with Gasteiger partial charge in [0.15, 0.2) is 5.82 Å². The monoisotopic (exact) mass is 352 g/mol. The number of nitrogens with zero attached hydrogens (tertiary/aromatic N) is 4. The van der Waals surface area contributed by atoms with Gasteiger partial charge in [0.1, 0.15) is 0 Å². The van der Waals surface area contributed by atoms with Crippen molar-refractivity contribution in [2.75, 3.05) is 6.26 Å². The summed E-state index contributed by atoms with van der Waals surface area (Å²) in [5.41, 5.74) is 2.18. The van der Waals surface area contributed by atoms with Crippen LogP contribution in [0.25, 0.3) is 0 Å². The molecule has 6 nitrogen and oxygen atoms in total. The van der Waals surface area contributed by atoms with Gasteiger partial charge in [0.2, 0.25) is 5.16 Å². The zero-order valence-corrected chi connectivity index (χ0v) is 14.3. The van der Waals surface area contributed by atoms with Crippen molar-refractivity contribution in [2.45, 2.75) is 11.6 Å². The van der Waals surface area contributed by atoms with Crippen LogP contribution in [0.15, 0.2) is 64.9 Å². The summed E-state index contributed by atoms with van der Waals surface area (Å²) in [6.45, 7) is 0. The highest BCUT2D eigenvalue weighted by atomic mass is 32.2. The number of carboxylic acids is 1. The summed E-state index contributed by atoms with van der Waals surface area (Å²) in [5, 5.41) is 22.5. The molecule has 0 spiro atoms. The van der Waals surface area contributed by atoms with Crippen LogP contribution in [0.5, 0.6) is 0 Å². The number of carbonyl (C=O) groups is 1. The minimum atomic E-state index is -0.947. The normalized spacial score (nSPS) is 11.1. The van der Waals surface area contributed by atoms with Crippen LogP contribution < -0.4 is 0 Å². The van der Waals surface area contributed by atoms with E-state index >= 15 is 0 Å². The first-order valence-electron chi connectivity index (χ1n) is 7.57. The number of hydrogen-bond donors (Lipinski definition) is 1. The molecule has 0 aliphatic heterocycles. The molecule has 0 saturated heterocycles. The molecule has 0 aliphatic carbocycles. The lowest BCUT2D eigenvalue weighted by molar-refractivity contribution is 0.0697. The number of carboxylic acid groups (broad SMARTS) is 1. The molecular formula is C18H16N4O2S. The Labute approximate surface area is 149 Å². The highest BCUT2D eigenvalue weighted by molar-refractivity contribution is 7.98. The Bertz CT molecular complexity index is 889. The maximum Gasteiger partial charge on any atom is 0.335 e. The SMILES string of the molecule is CSc1nnc(Cc2ccccc2)n1/N=C\c1ccc(C(=O)O)cc1. The van der Waals surface area contributed by atoms with Gasteiger partial charge in [-0.2, -0.15) is 9.78 Å². The fraction of sp³-hybridized carbons (Fsp3) is 0.111. The third-order valence-corrected chi connectivity index (χ3v) is 4.16. The molecular weight excluding hydrogens is 336 g/mol. The summed E-state index contributed by atoms with van der Waals surface area (Å²) in [4.78, 5) is 10.9. The van der Waals surface area contributed by atoms with Crippen molar-refractivity contribution in [1.82, 2.24) is 14.9 Å². The zero-order valence-electron chi connectivity index (χ0n) is 13.5. The third-order valence-electron chi connectivity index (χ3n) is 3.54. The lowest BCUT2D eigenvalue weighted by Crippen LogP contribution is -2.01. The summed E-state index contributed by atoms with van der Waals surface area (Å²) in [7, 11) is 0. The van der Waals surface area contributed by atoms with E-state index in [9.17, 15) is 4.79 Å². The second kappa shape index (κ2) is 7.76. The summed E-state index contributed by atoms with van der Waals surface area (Å²) in [5.74, 6) is -0.203. The lowest BCUT2D eigenvalue weighted by Gasteiger charge is -2.03. The van der Waals surface area contributed by atoms with Crippen molar-refractivity contribution in [2.24, 2.45) is 5.10 Å². The van der Waals surface area contributed by atoms with Gasteiger partial charge in [-0.15, -0.1) is 10.2 Å². The molecule has 25 heavy (non-hydrogen) atoms. The predicted molar refractivity (Wildman–Crippen MR) is 97.4 cm³/mol. The van der Waals surface area contributed by atoms with Crippen LogP contribution in [0.3, 0.4) is 0 Å². The third kappa shape index (κ3) is 4.13. The molecule has 126 valence electrons. The maximum atomic E-state index is 10.9. The average Bonchev–Trinajstić information content (AvgIpc) is 3.02. The second-order valence-corrected chi connectivity index (χ2v) is 6.02. The molecule has 0 fully saturated rings. The van der Waals surface area contributed by atoms with Crippen molar-refractivity contribution in [1.29, 1.82) is 0 Å². The minimum absolute atomic E-state index is 0.246. The van der Waals surface area contributed by atoms with Gasteiger partial charge in [-0.1, -0.05) is 54.2 Å². The van der Waals surface area contributed by atoms with Crippen molar-refractivity contribution >= 4 is 23.9 Å². The van der Waals surface area contributed by atoms with Gasteiger partial charge in [-0.05, 0) is 29.5 Å². The summed E-state index contributed by atoms with van der Waals surface area (Å²) in [6.07, 6.45) is 4.22. The lowest BCUT2D eigenvalue weighted by atomic mass is 10.1. The van der Waals surface area contributed by atoms with Gasteiger partial charge in [0.05, 0.1) is 11.8 Å². The Morgan fingerprint density at radius 2 is 1.88 bits per heavy atom. The molecule has 0 aliphatic rings. The van der Waals surface area contributed by atoms with Crippen molar-refractivity contribution < 1.29 is 9.90 Å². The smallest absolute Gasteiger partial charge is 0.335 e. The Kier molecular flexibility index (Phi) is 5.25. The molecule has 1 N–H and O–H groups in total. The Morgan fingerprint density at radius 1 is 1.16 bits per heavy atom. The molecule has 7 heteroatoms. The van der Waals surface area contributed by atoms with E-state index in [1.165, 1.54) is 11.8 Å². The van der Waals surface area contributed by atoms with E-state index < -0.39 is 5.97 Å². The fourth-order valence-electron chi connectivity index (χ4n) is 2.26. The highest BCUT2D eigenvalue weighted by Gasteiger charge is 2.11. The number of aromatic carboxylic acids is 1. The zero-order chi connectivity index (χ0) is 17.6. The number of benzene rings is 2. The number of rotatable bonds is 6. The van der Waals surface area contributed by atoms with Crippen LogP contribution in [-0.4, -0.2) is 38.4 Å². The molecule has 0 saturated carbocycles. The highest BCUT2D eigenvalue weighted by Crippen LogP contribution is 2.16. The standard InChI is InChI=1S/C18H16N4O2S/c1-25-18-21-20-16(11-13-5-3-2-4-6-13)22(18)19-12-14-7-9-15(10-8-14)17(23)24/h2-10,12H,11H2,1H3,(H,23,24)/b19-12-. The summed E-state index contributed by atoms with van der Waals surface area (Å²) in [6, 6.07) is 16.5. The van der Waals surface area contributed by atoms with E-state index in [1.54, 1.807) is 35.2 Å². The van der Waals surface area contributed by atoms with Gasteiger partial charge < -0.3 is 5.11 Å². The molecule has 2 aromatic carbocycles. The van der Waals surface area contributed by atoms with Crippen molar-refractivity contribution in [3.8, 4) is 0 Å². The molecule has 0 radical (unpaired) electrons. The molecule has 0 amide bonds. The first-order chi connectivity index (χ1) is 12.2. The van der Waals surface area contributed by atoms with Crippen molar-refractivity contribution in [3.63, 3.8) is 0 Å². The van der Waals surface area contributed by atoms with Crippen molar-refractivity contribution in [3.05, 3.63) is 77.1 Å². The van der Waals surface area contributed by atoms with Gasteiger partial charge >= 0.3 is 5.97 Å². The Balaban J connectivity index is 1.85. The van der Waals surface area contributed by atoms with Crippen LogP contribution in [0.2, 0.25) is 0 Å².